The van der Waals surface area contributed by atoms with Crippen LogP contribution in [0, 0.1) is 11.7 Å². The van der Waals surface area contributed by atoms with E-state index < -0.39 is 5.82 Å². The number of rotatable bonds is 5. The van der Waals surface area contributed by atoms with E-state index in [4.69, 9.17) is 9.26 Å². The summed E-state index contributed by atoms with van der Waals surface area (Å²) in [5, 5.41) is 4.06. The molecule has 8 heteroatoms. The molecule has 0 bridgehead atoms. The smallest absolute Gasteiger partial charge is 0.324 e. The Bertz CT molecular complexity index is 1010. The van der Waals surface area contributed by atoms with Gasteiger partial charge in [0.2, 0.25) is 11.7 Å². The van der Waals surface area contributed by atoms with Gasteiger partial charge in [0.05, 0.1) is 12.8 Å². The lowest BCUT2D eigenvalue weighted by Crippen LogP contribution is -2.41. The van der Waals surface area contributed by atoms with E-state index in [1.54, 1.807) is 32.4 Å². The molecule has 1 aliphatic rings. The highest BCUT2D eigenvalue weighted by molar-refractivity contribution is 5.94. The van der Waals surface area contributed by atoms with Gasteiger partial charge in [0.15, 0.2) is 0 Å². The molecule has 0 atom stereocenters. The third kappa shape index (κ3) is 3.98. The standard InChI is InChI=1S/C22H23FN4O3/c1-26(19-6-4-3-5-18(19)23)21(28)16-11-13-27(14-12-16)22-24-20(25-30-22)15-7-9-17(29-2)10-8-15/h3-10,16H,11-14H2,1-2H3. The average Bonchev–Trinajstić information content (AvgIpc) is 3.29. The fraction of sp³-hybridized carbons (Fsp3) is 0.318. The van der Waals surface area contributed by atoms with Crippen molar-refractivity contribution in [2.75, 3.05) is 37.0 Å². The number of methoxy groups -OCH3 is 1. The first-order valence-corrected chi connectivity index (χ1v) is 9.82. The van der Waals surface area contributed by atoms with Gasteiger partial charge in [0.25, 0.3) is 0 Å². The van der Waals surface area contributed by atoms with Crippen LogP contribution in [0.25, 0.3) is 11.4 Å². The van der Waals surface area contributed by atoms with Gasteiger partial charge in [-0.05, 0) is 49.2 Å². The van der Waals surface area contributed by atoms with Gasteiger partial charge in [-0.25, -0.2) is 4.39 Å². The maximum atomic E-state index is 14.0. The molecule has 4 rings (SSSR count). The van der Waals surface area contributed by atoms with E-state index in [1.165, 1.54) is 11.0 Å². The number of nitrogens with zero attached hydrogens (tertiary/aromatic N) is 4. The number of hydrogen-bond acceptors (Lipinski definition) is 6. The maximum Gasteiger partial charge on any atom is 0.324 e. The van der Waals surface area contributed by atoms with Crippen LogP contribution in [0.4, 0.5) is 16.1 Å². The van der Waals surface area contributed by atoms with Crippen molar-refractivity contribution in [2.24, 2.45) is 5.92 Å². The number of ether oxygens (including phenoxy) is 1. The quantitative estimate of drug-likeness (QED) is 0.638. The molecule has 0 radical (unpaired) electrons. The molecule has 0 saturated carbocycles. The normalized spacial score (nSPS) is 14.6. The number of carbonyl (C=O) groups excluding carboxylic acids is 1. The van der Waals surface area contributed by atoms with Gasteiger partial charge < -0.3 is 19.1 Å². The van der Waals surface area contributed by atoms with Crippen molar-refractivity contribution in [2.45, 2.75) is 12.8 Å². The molecule has 1 aromatic heterocycles. The minimum absolute atomic E-state index is 0.0794. The molecule has 2 aromatic carbocycles. The summed E-state index contributed by atoms with van der Waals surface area (Å²) in [6.45, 7) is 1.23. The van der Waals surface area contributed by atoms with Gasteiger partial charge >= 0.3 is 6.01 Å². The number of carbonyl (C=O) groups is 1. The Morgan fingerprint density at radius 3 is 2.53 bits per heavy atom. The first kappa shape index (κ1) is 19.9. The Hall–Kier alpha value is -3.42. The maximum absolute atomic E-state index is 14.0. The zero-order valence-corrected chi connectivity index (χ0v) is 16.9. The minimum Gasteiger partial charge on any atom is -0.497 e. The minimum atomic E-state index is -0.400. The van der Waals surface area contributed by atoms with Crippen molar-refractivity contribution >= 4 is 17.6 Å². The zero-order chi connectivity index (χ0) is 21.1. The Labute approximate surface area is 174 Å². The van der Waals surface area contributed by atoms with Crippen molar-refractivity contribution in [3.8, 4) is 17.1 Å². The molecule has 156 valence electrons. The van der Waals surface area contributed by atoms with Gasteiger partial charge in [-0.1, -0.05) is 17.3 Å². The Morgan fingerprint density at radius 1 is 1.17 bits per heavy atom. The van der Waals surface area contributed by atoms with Crippen LogP contribution in [-0.2, 0) is 4.79 Å². The van der Waals surface area contributed by atoms with E-state index in [9.17, 15) is 9.18 Å². The molecule has 1 amide bonds. The molecule has 0 spiro atoms. The third-order valence-corrected chi connectivity index (χ3v) is 5.42. The Kier molecular flexibility index (Phi) is 5.65. The summed E-state index contributed by atoms with van der Waals surface area (Å²) in [4.78, 5) is 20.7. The van der Waals surface area contributed by atoms with Crippen LogP contribution in [0.2, 0.25) is 0 Å². The summed E-state index contributed by atoms with van der Waals surface area (Å²) in [5.41, 5.74) is 1.13. The fourth-order valence-corrected chi connectivity index (χ4v) is 3.64. The number of amides is 1. The summed E-state index contributed by atoms with van der Waals surface area (Å²) in [6, 6.07) is 14.2. The van der Waals surface area contributed by atoms with E-state index >= 15 is 0 Å². The van der Waals surface area contributed by atoms with Crippen molar-refractivity contribution < 1.29 is 18.4 Å². The number of piperidine rings is 1. The average molecular weight is 410 g/mol. The number of halogens is 1. The molecule has 30 heavy (non-hydrogen) atoms. The highest BCUT2D eigenvalue weighted by Gasteiger charge is 2.30. The van der Waals surface area contributed by atoms with Gasteiger partial charge in [-0.15, -0.1) is 0 Å². The van der Waals surface area contributed by atoms with E-state index in [0.717, 1.165) is 11.3 Å². The predicted octanol–water partition coefficient (Wildman–Crippen LogP) is 3.76. The van der Waals surface area contributed by atoms with Crippen molar-refractivity contribution in [1.82, 2.24) is 10.1 Å². The molecular weight excluding hydrogens is 387 g/mol. The second-order valence-electron chi connectivity index (χ2n) is 7.24. The van der Waals surface area contributed by atoms with Crippen LogP contribution >= 0.6 is 0 Å². The van der Waals surface area contributed by atoms with Gasteiger partial charge in [0.1, 0.15) is 11.6 Å². The van der Waals surface area contributed by atoms with Crippen LogP contribution in [-0.4, -0.2) is 43.3 Å². The number of aromatic nitrogens is 2. The van der Waals surface area contributed by atoms with Gasteiger partial charge in [-0.3, -0.25) is 4.79 Å². The predicted molar refractivity (Wildman–Crippen MR) is 111 cm³/mol. The molecule has 0 aliphatic carbocycles. The molecule has 1 fully saturated rings. The van der Waals surface area contributed by atoms with E-state index in [2.05, 4.69) is 10.1 Å². The number of benzene rings is 2. The fourth-order valence-electron chi connectivity index (χ4n) is 3.64. The molecule has 2 heterocycles. The number of hydrogen-bond donors (Lipinski definition) is 0. The molecule has 0 N–H and O–H groups in total. The summed E-state index contributed by atoms with van der Waals surface area (Å²) < 4.78 is 24.6. The van der Waals surface area contributed by atoms with Crippen LogP contribution in [0.15, 0.2) is 53.1 Å². The largest absolute Gasteiger partial charge is 0.497 e. The molecule has 1 aliphatic heterocycles. The number of para-hydroxylation sites is 1. The Balaban J connectivity index is 1.38. The van der Waals surface area contributed by atoms with Crippen LogP contribution in [0.5, 0.6) is 5.75 Å². The molecule has 1 saturated heterocycles. The second kappa shape index (κ2) is 8.52. The third-order valence-electron chi connectivity index (χ3n) is 5.42. The van der Waals surface area contributed by atoms with E-state index in [-0.39, 0.29) is 11.8 Å². The van der Waals surface area contributed by atoms with Crippen LogP contribution in [0.3, 0.4) is 0 Å². The van der Waals surface area contributed by atoms with Crippen LogP contribution in [0.1, 0.15) is 12.8 Å². The van der Waals surface area contributed by atoms with Crippen molar-refractivity contribution in [3.63, 3.8) is 0 Å². The summed E-state index contributed by atoms with van der Waals surface area (Å²) in [6.07, 6.45) is 1.27. The highest BCUT2D eigenvalue weighted by atomic mass is 19.1. The topological polar surface area (TPSA) is 71.7 Å². The van der Waals surface area contributed by atoms with Crippen LogP contribution < -0.4 is 14.5 Å². The molecule has 0 unspecified atom stereocenters. The molecule has 3 aromatic rings. The van der Waals surface area contributed by atoms with Crippen molar-refractivity contribution in [1.29, 1.82) is 0 Å². The first-order chi connectivity index (χ1) is 14.6. The summed E-state index contributed by atoms with van der Waals surface area (Å²) in [7, 11) is 3.23. The lowest BCUT2D eigenvalue weighted by Gasteiger charge is -2.32. The SMILES string of the molecule is COc1ccc(-c2noc(N3CCC(C(=O)N(C)c4ccccc4F)CC3)n2)cc1. The van der Waals surface area contributed by atoms with Crippen molar-refractivity contribution in [3.05, 3.63) is 54.3 Å². The lowest BCUT2D eigenvalue weighted by molar-refractivity contribution is -0.122. The summed E-state index contributed by atoms with van der Waals surface area (Å²) >= 11 is 0. The molecule has 7 nitrogen and oxygen atoms in total. The van der Waals surface area contributed by atoms with E-state index in [1.807, 2.05) is 29.2 Å². The lowest BCUT2D eigenvalue weighted by atomic mass is 9.95. The second-order valence-corrected chi connectivity index (χ2v) is 7.24. The number of anilines is 2. The zero-order valence-electron chi connectivity index (χ0n) is 16.9. The van der Waals surface area contributed by atoms with Gasteiger partial charge in [-0.2, -0.15) is 4.98 Å². The highest BCUT2D eigenvalue weighted by Crippen LogP contribution is 2.28. The van der Waals surface area contributed by atoms with Gasteiger partial charge in [0, 0.05) is 31.6 Å². The molecular formula is C22H23FN4O3. The first-order valence-electron chi connectivity index (χ1n) is 9.82. The Morgan fingerprint density at radius 2 is 1.87 bits per heavy atom. The van der Waals surface area contributed by atoms with E-state index in [0.29, 0.717) is 43.5 Å². The summed E-state index contributed by atoms with van der Waals surface area (Å²) in [5.74, 6) is 0.612. The monoisotopic (exact) mass is 410 g/mol.